The van der Waals surface area contributed by atoms with Crippen LogP contribution in [0.1, 0.15) is 19.3 Å². The molecule has 0 spiro atoms. The average molecular weight is 263 g/mol. The zero-order valence-corrected chi connectivity index (χ0v) is 11.2. The highest BCUT2D eigenvalue weighted by Gasteiger charge is 2.31. The number of anilines is 1. The molecule has 6 heteroatoms. The van der Waals surface area contributed by atoms with Crippen molar-refractivity contribution < 1.29 is 4.79 Å². The van der Waals surface area contributed by atoms with E-state index < -0.39 is 0 Å². The Hall–Kier alpha value is -1.56. The van der Waals surface area contributed by atoms with Gasteiger partial charge in [0, 0.05) is 25.3 Å². The van der Waals surface area contributed by atoms with Crippen LogP contribution in [-0.4, -0.2) is 57.7 Å². The molecule has 3 heterocycles. The van der Waals surface area contributed by atoms with Gasteiger partial charge < -0.3 is 10.6 Å². The summed E-state index contributed by atoms with van der Waals surface area (Å²) >= 11 is 0. The van der Waals surface area contributed by atoms with Crippen molar-refractivity contribution in [2.75, 3.05) is 31.9 Å². The highest BCUT2D eigenvalue weighted by atomic mass is 16.2. The number of carbonyl (C=O) groups is 1. The number of nitrogen functional groups attached to an aromatic ring is 1. The molecule has 104 valence electrons. The summed E-state index contributed by atoms with van der Waals surface area (Å²) in [5, 5.41) is 4.06. The molecule has 2 aliphatic rings. The van der Waals surface area contributed by atoms with Crippen molar-refractivity contribution in [2.45, 2.75) is 31.8 Å². The molecule has 2 saturated heterocycles. The first-order valence-corrected chi connectivity index (χ1v) is 7.03. The van der Waals surface area contributed by atoms with Crippen LogP contribution in [0.4, 0.5) is 5.82 Å². The number of rotatable bonds is 3. The maximum atomic E-state index is 12.2. The Morgan fingerprint density at radius 3 is 2.84 bits per heavy atom. The minimum Gasteiger partial charge on any atom is -0.382 e. The lowest BCUT2D eigenvalue weighted by Gasteiger charge is -2.23. The summed E-state index contributed by atoms with van der Waals surface area (Å²) in [6, 6.07) is 2.28. The van der Waals surface area contributed by atoms with Gasteiger partial charge in [0.1, 0.15) is 12.4 Å². The fourth-order valence-electron chi connectivity index (χ4n) is 3.08. The van der Waals surface area contributed by atoms with Gasteiger partial charge in [-0.2, -0.15) is 5.10 Å². The number of amides is 1. The van der Waals surface area contributed by atoms with E-state index in [9.17, 15) is 4.79 Å². The molecule has 1 atom stereocenters. The normalized spacial score (nSPS) is 24.2. The summed E-state index contributed by atoms with van der Waals surface area (Å²) in [6.45, 7) is 4.43. The van der Waals surface area contributed by atoms with Gasteiger partial charge in [-0.25, -0.2) is 0 Å². The molecule has 0 saturated carbocycles. The minimum atomic E-state index is 0.143. The van der Waals surface area contributed by atoms with E-state index in [2.05, 4.69) is 10.00 Å². The third-order valence-corrected chi connectivity index (χ3v) is 4.13. The van der Waals surface area contributed by atoms with Crippen molar-refractivity contribution in [3.05, 3.63) is 12.3 Å². The number of likely N-dealkylation sites (tertiary alicyclic amines) is 2. The van der Waals surface area contributed by atoms with E-state index in [1.54, 1.807) is 16.9 Å². The summed E-state index contributed by atoms with van der Waals surface area (Å²) in [5.41, 5.74) is 5.55. The Morgan fingerprint density at radius 1 is 1.37 bits per heavy atom. The second-order valence-electron chi connectivity index (χ2n) is 5.46. The van der Waals surface area contributed by atoms with E-state index >= 15 is 0 Å². The Morgan fingerprint density at radius 2 is 2.16 bits per heavy atom. The van der Waals surface area contributed by atoms with Crippen LogP contribution >= 0.6 is 0 Å². The lowest BCUT2D eigenvalue weighted by molar-refractivity contribution is -0.131. The van der Waals surface area contributed by atoms with Crippen LogP contribution in [0.5, 0.6) is 0 Å². The monoisotopic (exact) mass is 263 g/mol. The smallest absolute Gasteiger partial charge is 0.244 e. The molecule has 1 aromatic rings. The summed E-state index contributed by atoms with van der Waals surface area (Å²) in [4.78, 5) is 16.7. The Balaban J connectivity index is 1.53. The van der Waals surface area contributed by atoms with Gasteiger partial charge in [0.05, 0.1) is 0 Å². The van der Waals surface area contributed by atoms with Crippen LogP contribution in [0, 0.1) is 0 Å². The van der Waals surface area contributed by atoms with E-state index in [1.165, 1.54) is 25.9 Å². The fourth-order valence-corrected chi connectivity index (χ4v) is 3.08. The summed E-state index contributed by atoms with van der Waals surface area (Å²) in [7, 11) is 0. The van der Waals surface area contributed by atoms with Gasteiger partial charge >= 0.3 is 0 Å². The van der Waals surface area contributed by atoms with Crippen molar-refractivity contribution in [3.8, 4) is 0 Å². The molecular weight excluding hydrogens is 242 g/mol. The lowest BCUT2D eigenvalue weighted by Crippen LogP contribution is -2.38. The van der Waals surface area contributed by atoms with Gasteiger partial charge in [0.25, 0.3) is 0 Å². The molecule has 6 nitrogen and oxygen atoms in total. The van der Waals surface area contributed by atoms with Gasteiger partial charge in [-0.3, -0.25) is 14.4 Å². The average Bonchev–Trinajstić information content (AvgIpc) is 3.08. The standard InChI is InChI=1S/C13H21N5O/c14-12-4-8-18(15-12)10-13(19)17-7-3-11(9-17)16-5-1-2-6-16/h4,8,11H,1-3,5-7,9-10H2,(H2,14,15). The molecule has 0 radical (unpaired) electrons. The molecule has 1 amide bonds. The molecule has 0 bridgehead atoms. The molecule has 1 unspecified atom stereocenters. The zero-order valence-electron chi connectivity index (χ0n) is 11.2. The van der Waals surface area contributed by atoms with Crippen molar-refractivity contribution in [3.63, 3.8) is 0 Å². The van der Waals surface area contributed by atoms with Crippen molar-refractivity contribution in [1.29, 1.82) is 0 Å². The minimum absolute atomic E-state index is 0.143. The molecule has 0 aromatic carbocycles. The van der Waals surface area contributed by atoms with Crippen LogP contribution in [0.25, 0.3) is 0 Å². The third kappa shape index (κ3) is 2.73. The highest BCUT2D eigenvalue weighted by molar-refractivity contribution is 5.76. The van der Waals surface area contributed by atoms with Gasteiger partial charge in [-0.15, -0.1) is 0 Å². The predicted molar refractivity (Wildman–Crippen MR) is 72.4 cm³/mol. The zero-order chi connectivity index (χ0) is 13.2. The fraction of sp³-hybridized carbons (Fsp3) is 0.692. The van der Waals surface area contributed by atoms with Gasteiger partial charge in [0.2, 0.25) is 5.91 Å². The number of hydrogen-bond acceptors (Lipinski definition) is 4. The summed E-state index contributed by atoms with van der Waals surface area (Å²) in [6.07, 6.45) is 5.46. The third-order valence-electron chi connectivity index (χ3n) is 4.13. The first-order chi connectivity index (χ1) is 9.22. The second-order valence-corrected chi connectivity index (χ2v) is 5.46. The number of aromatic nitrogens is 2. The number of nitrogens with zero attached hydrogens (tertiary/aromatic N) is 4. The van der Waals surface area contributed by atoms with Crippen LogP contribution in [0.15, 0.2) is 12.3 Å². The Bertz CT molecular complexity index is 452. The number of nitrogens with two attached hydrogens (primary N) is 1. The Kier molecular flexibility index (Phi) is 3.42. The first-order valence-electron chi connectivity index (χ1n) is 7.03. The SMILES string of the molecule is Nc1ccn(CC(=O)N2CCC(N3CCCC3)C2)n1. The maximum Gasteiger partial charge on any atom is 0.244 e. The van der Waals surface area contributed by atoms with Crippen molar-refractivity contribution >= 4 is 11.7 Å². The van der Waals surface area contributed by atoms with Crippen molar-refractivity contribution in [1.82, 2.24) is 19.6 Å². The molecule has 0 aliphatic carbocycles. The van der Waals surface area contributed by atoms with Gasteiger partial charge in [0.15, 0.2) is 0 Å². The topological polar surface area (TPSA) is 67.4 Å². The predicted octanol–water partition coefficient (Wildman–Crippen LogP) is 0.162. The second kappa shape index (κ2) is 5.21. The van der Waals surface area contributed by atoms with E-state index in [1.807, 2.05) is 4.90 Å². The van der Waals surface area contributed by atoms with Gasteiger partial charge in [-0.05, 0) is 38.4 Å². The van der Waals surface area contributed by atoms with Gasteiger partial charge in [-0.1, -0.05) is 0 Å². The van der Waals surface area contributed by atoms with Crippen molar-refractivity contribution in [2.24, 2.45) is 0 Å². The highest BCUT2D eigenvalue weighted by Crippen LogP contribution is 2.20. The number of hydrogen-bond donors (Lipinski definition) is 1. The van der Waals surface area contributed by atoms with Crippen LogP contribution in [0.2, 0.25) is 0 Å². The lowest BCUT2D eigenvalue weighted by atomic mass is 10.2. The van der Waals surface area contributed by atoms with Crippen LogP contribution in [0.3, 0.4) is 0 Å². The Labute approximate surface area is 113 Å². The molecule has 3 rings (SSSR count). The van der Waals surface area contributed by atoms with Crippen LogP contribution < -0.4 is 5.73 Å². The first kappa shape index (κ1) is 12.5. The van der Waals surface area contributed by atoms with E-state index in [0.717, 1.165) is 19.5 Å². The molecule has 2 aliphatic heterocycles. The van der Waals surface area contributed by atoms with Crippen LogP contribution in [-0.2, 0) is 11.3 Å². The van der Waals surface area contributed by atoms with E-state index in [0.29, 0.717) is 18.4 Å². The molecule has 1 aromatic heterocycles. The summed E-state index contributed by atoms with van der Waals surface area (Å²) < 4.78 is 1.61. The largest absolute Gasteiger partial charge is 0.382 e. The molecule has 2 N–H and O–H groups in total. The number of carbonyl (C=O) groups excluding carboxylic acids is 1. The van der Waals surface area contributed by atoms with E-state index in [-0.39, 0.29) is 5.91 Å². The van der Waals surface area contributed by atoms with E-state index in [4.69, 9.17) is 5.73 Å². The quantitative estimate of drug-likeness (QED) is 0.843. The maximum absolute atomic E-state index is 12.2. The summed E-state index contributed by atoms with van der Waals surface area (Å²) in [5.74, 6) is 0.606. The molecule has 2 fully saturated rings. The molecule has 19 heavy (non-hydrogen) atoms. The molecular formula is C13H21N5O.